The van der Waals surface area contributed by atoms with E-state index >= 15 is 0 Å². The normalized spacial score (nSPS) is 15.3. The zero-order valence-electron chi connectivity index (χ0n) is 15.0. The number of allylic oxidation sites excluding steroid dienone is 1. The van der Waals surface area contributed by atoms with E-state index in [1.54, 1.807) is 0 Å². The molecule has 1 amide bonds. The topological polar surface area (TPSA) is 85.8 Å². The minimum atomic E-state index is -0.287. The van der Waals surface area contributed by atoms with E-state index in [1.165, 1.54) is 47.7 Å². The molecule has 0 saturated carbocycles. The molecule has 1 aromatic heterocycles. The monoisotopic (exact) mass is 371 g/mol. The molecule has 1 heterocycles. The van der Waals surface area contributed by atoms with Crippen LogP contribution in [0.2, 0.25) is 0 Å². The van der Waals surface area contributed by atoms with Crippen molar-refractivity contribution in [3.63, 3.8) is 0 Å². The third kappa shape index (κ3) is 4.66. The van der Waals surface area contributed by atoms with E-state index in [-0.39, 0.29) is 11.2 Å². The van der Waals surface area contributed by atoms with Gasteiger partial charge in [0.25, 0.3) is 0 Å². The number of carbonyl (C=O) groups is 1. The van der Waals surface area contributed by atoms with Crippen molar-refractivity contribution in [2.24, 2.45) is 0 Å². The van der Waals surface area contributed by atoms with Gasteiger partial charge in [-0.25, -0.2) is 4.68 Å². The third-order valence-corrected chi connectivity index (χ3v) is 5.54. The maximum atomic E-state index is 12.3. The van der Waals surface area contributed by atoms with Gasteiger partial charge in [0.15, 0.2) is 5.82 Å². The summed E-state index contributed by atoms with van der Waals surface area (Å²) >= 11 is 1.32. The van der Waals surface area contributed by atoms with Crippen LogP contribution in [0.15, 0.2) is 47.1 Å². The zero-order chi connectivity index (χ0) is 18.4. The Morgan fingerprint density at radius 2 is 2.12 bits per heavy atom. The number of rotatable bonds is 7. The van der Waals surface area contributed by atoms with Gasteiger partial charge in [0.1, 0.15) is 0 Å². The molecular formula is C19H25N5OS. The fraction of sp³-hybridized carbons (Fsp3) is 0.421. The Morgan fingerprint density at radius 3 is 2.85 bits per heavy atom. The van der Waals surface area contributed by atoms with Crippen LogP contribution in [0, 0.1) is 0 Å². The number of nitrogens with two attached hydrogens (primary N) is 1. The van der Waals surface area contributed by atoms with Crippen molar-refractivity contribution in [1.29, 1.82) is 0 Å². The van der Waals surface area contributed by atoms with Gasteiger partial charge in [0, 0.05) is 12.1 Å². The highest BCUT2D eigenvalue weighted by Crippen LogP contribution is 2.25. The molecule has 0 bridgehead atoms. The van der Waals surface area contributed by atoms with E-state index in [2.05, 4.69) is 21.6 Å². The molecule has 0 saturated heterocycles. The third-order valence-electron chi connectivity index (χ3n) is 4.48. The summed E-state index contributed by atoms with van der Waals surface area (Å²) in [6.45, 7) is 2.54. The molecule has 3 N–H and O–H groups in total. The predicted octanol–water partition coefficient (Wildman–Crippen LogP) is 3.15. The average Bonchev–Trinajstić information content (AvgIpc) is 3.03. The van der Waals surface area contributed by atoms with Crippen molar-refractivity contribution in [3.8, 4) is 11.4 Å². The quantitative estimate of drug-likeness (QED) is 0.444. The highest BCUT2D eigenvalue weighted by Gasteiger charge is 2.19. The number of carbonyl (C=O) groups excluding carboxylic acids is 1. The molecule has 0 spiro atoms. The number of aromatic nitrogens is 3. The molecule has 1 aliphatic carbocycles. The molecule has 2 aromatic rings. The van der Waals surface area contributed by atoms with E-state index in [1.807, 2.05) is 37.3 Å². The first-order valence-electron chi connectivity index (χ1n) is 9.03. The summed E-state index contributed by atoms with van der Waals surface area (Å²) in [5.41, 5.74) is 2.36. The molecule has 1 aliphatic rings. The Morgan fingerprint density at radius 1 is 1.31 bits per heavy atom. The minimum absolute atomic E-state index is 0.00401. The summed E-state index contributed by atoms with van der Waals surface area (Å²) in [4.78, 5) is 12.3. The molecule has 1 atom stereocenters. The van der Waals surface area contributed by atoms with Crippen LogP contribution in [0.4, 0.5) is 0 Å². The van der Waals surface area contributed by atoms with E-state index in [0.29, 0.717) is 17.5 Å². The number of benzene rings is 1. The fourth-order valence-corrected chi connectivity index (χ4v) is 3.77. The second-order valence-electron chi connectivity index (χ2n) is 6.45. The summed E-state index contributed by atoms with van der Waals surface area (Å²) in [5.74, 6) is 6.70. The first-order valence-corrected chi connectivity index (χ1v) is 9.91. The lowest BCUT2D eigenvalue weighted by molar-refractivity contribution is -0.120. The van der Waals surface area contributed by atoms with E-state index in [9.17, 15) is 4.79 Å². The number of nitrogen functional groups attached to an aromatic ring is 1. The van der Waals surface area contributed by atoms with Gasteiger partial charge in [-0.05, 0) is 39.0 Å². The minimum Gasteiger partial charge on any atom is -0.355 e. The maximum absolute atomic E-state index is 12.3. The first-order chi connectivity index (χ1) is 12.6. The van der Waals surface area contributed by atoms with Gasteiger partial charge >= 0.3 is 0 Å². The molecule has 7 heteroatoms. The van der Waals surface area contributed by atoms with Gasteiger partial charge in [0.05, 0.1) is 5.25 Å². The molecule has 1 aromatic carbocycles. The number of nitrogens with one attached hydrogen (secondary N) is 1. The second-order valence-corrected chi connectivity index (χ2v) is 7.76. The van der Waals surface area contributed by atoms with Gasteiger partial charge in [-0.2, -0.15) is 0 Å². The lowest BCUT2D eigenvalue weighted by atomic mass is 9.97. The lowest BCUT2D eigenvalue weighted by Gasteiger charge is -2.14. The molecular weight excluding hydrogens is 346 g/mol. The summed E-state index contributed by atoms with van der Waals surface area (Å²) in [6.07, 6.45) is 8.14. The molecule has 26 heavy (non-hydrogen) atoms. The molecule has 138 valence electrons. The van der Waals surface area contributed by atoms with Crippen LogP contribution in [0.3, 0.4) is 0 Å². The highest BCUT2D eigenvalue weighted by atomic mass is 32.2. The van der Waals surface area contributed by atoms with Crippen molar-refractivity contribution >= 4 is 17.7 Å². The summed E-state index contributed by atoms with van der Waals surface area (Å²) in [5, 5.41) is 11.5. The average molecular weight is 372 g/mol. The Bertz CT molecular complexity index is 771. The van der Waals surface area contributed by atoms with Gasteiger partial charge in [0.2, 0.25) is 11.1 Å². The maximum Gasteiger partial charge on any atom is 0.233 e. The van der Waals surface area contributed by atoms with Crippen LogP contribution in [-0.4, -0.2) is 32.6 Å². The fourth-order valence-electron chi connectivity index (χ4n) is 2.97. The van der Waals surface area contributed by atoms with Gasteiger partial charge in [-0.3, -0.25) is 4.79 Å². The smallest absolute Gasteiger partial charge is 0.233 e. The van der Waals surface area contributed by atoms with Crippen LogP contribution in [0.25, 0.3) is 11.4 Å². The van der Waals surface area contributed by atoms with E-state index in [0.717, 1.165) is 12.0 Å². The summed E-state index contributed by atoms with van der Waals surface area (Å²) < 4.78 is 1.44. The van der Waals surface area contributed by atoms with Gasteiger partial charge in [-0.15, -0.1) is 10.2 Å². The largest absolute Gasteiger partial charge is 0.355 e. The van der Waals surface area contributed by atoms with Crippen molar-refractivity contribution in [2.45, 2.75) is 49.4 Å². The van der Waals surface area contributed by atoms with Crippen molar-refractivity contribution in [2.75, 3.05) is 12.4 Å². The van der Waals surface area contributed by atoms with Crippen LogP contribution in [-0.2, 0) is 4.79 Å². The Labute approximate surface area is 158 Å². The molecule has 0 fully saturated rings. The second kappa shape index (κ2) is 8.89. The Balaban J connectivity index is 1.52. The number of hydrogen-bond donors (Lipinski definition) is 2. The molecule has 0 aliphatic heterocycles. The molecule has 6 nitrogen and oxygen atoms in total. The summed E-state index contributed by atoms with van der Waals surface area (Å²) in [7, 11) is 0. The van der Waals surface area contributed by atoms with Crippen molar-refractivity contribution in [1.82, 2.24) is 20.2 Å². The van der Waals surface area contributed by atoms with Crippen molar-refractivity contribution in [3.05, 3.63) is 42.0 Å². The number of amides is 1. The highest BCUT2D eigenvalue weighted by molar-refractivity contribution is 8.00. The zero-order valence-corrected chi connectivity index (χ0v) is 15.8. The van der Waals surface area contributed by atoms with Crippen LogP contribution in [0.1, 0.15) is 39.0 Å². The number of nitrogens with zero attached hydrogens (tertiary/aromatic N) is 3. The van der Waals surface area contributed by atoms with Crippen LogP contribution < -0.4 is 11.2 Å². The standard InChI is InChI=1S/C19H25N5OS/c1-14(18(25)21-13-12-15-8-4-2-5-9-15)26-19-23-22-17(24(19)20)16-10-6-3-7-11-16/h3,6-8,10-11,14H,2,4-5,9,12-13,20H2,1H3,(H,21,25). The predicted molar refractivity (Wildman–Crippen MR) is 105 cm³/mol. The van der Waals surface area contributed by atoms with Gasteiger partial charge in [-0.1, -0.05) is 53.7 Å². The summed E-state index contributed by atoms with van der Waals surface area (Å²) in [6, 6.07) is 9.64. The SMILES string of the molecule is CC(Sc1nnc(-c2ccccc2)n1N)C(=O)NCCC1=CCCCC1. The Kier molecular flexibility index (Phi) is 6.33. The van der Waals surface area contributed by atoms with E-state index < -0.39 is 0 Å². The van der Waals surface area contributed by atoms with Gasteiger partial charge < -0.3 is 11.2 Å². The Hall–Kier alpha value is -2.28. The lowest BCUT2D eigenvalue weighted by Crippen LogP contribution is -2.32. The van der Waals surface area contributed by atoms with E-state index in [4.69, 9.17) is 5.84 Å². The van der Waals surface area contributed by atoms with Crippen LogP contribution >= 0.6 is 11.8 Å². The molecule has 1 unspecified atom stereocenters. The van der Waals surface area contributed by atoms with Crippen molar-refractivity contribution < 1.29 is 4.79 Å². The van der Waals surface area contributed by atoms with Crippen LogP contribution in [0.5, 0.6) is 0 Å². The first kappa shape index (κ1) is 18.5. The molecule has 3 rings (SSSR count). The number of thioether (sulfide) groups is 1. The molecule has 0 radical (unpaired) electrons. The number of hydrogen-bond acceptors (Lipinski definition) is 5.